The monoisotopic (exact) mass is 410 g/mol. The second-order valence-corrected chi connectivity index (χ2v) is 6.83. The van der Waals surface area contributed by atoms with Crippen molar-refractivity contribution in [3.63, 3.8) is 0 Å². The van der Waals surface area contributed by atoms with Crippen molar-refractivity contribution >= 4 is 29.5 Å². The molecule has 0 aliphatic heterocycles. The number of carbonyl (C=O) groups is 3. The zero-order valence-electron chi connectivity index (χ0n) is 17.6. The van der Waals surface area contributed by atoms with Crippen molar-refractivity contribution in [3.8, 4) is 5.75 Å². The van der Waals surface area contributed by atoms with Gasteiger partial charge >= 0.3 is 5.97 Å². The summed E-state index contributed by atoms with van der Waals surface area (Å²) in [5.74, 6) is -0.736. The molecule has 0 atom stereocenters. The van der Waals surface area contributed by atoms with Crippen molar-refractivity contribution in [2.24, 2.45) is 0 Å². The predicted molar refractivity (Wildman–Crippen MR) is 115 cm³/mol. The van der Waals surface area contributed by atoms with E-state index in [1.165, 1.54) is 18.0 Å². The first kappa shape index (κ1) is 22.7. The van der Waals surface area contributed by atoms with Crippen LogP contribution in [0.3, 0.4) is 0 Å². The Morgan fingerprint density at radius 1 is 1.07 bits per heavy atom. The van der Waals surface area contributed by atoms with E-state index in [1.54, 1.807) is 37.5 Å². The summed E-state index contributed by atoms with van der Waals surface area (Å²) in [6.45, 7) is 3.23. The van der Waals surface area contributed by atoms with Crippen LogP contribution in [0.4, 0.5) is 5.69 Å². The first-order valence-electron chi connectivity index (χ1n) is 9.38. The van der Waals surface area contributed by atoms with Gasteiger partial charge in [0.2, 0.25) is 5.91 Å². The highest BCUT2D eigenvalue weighted by molar-refractivity contribution is 5.95. The van der Waals surface area contributed by atoms with Gasteiger partial charge in [-0.2, -0.15) is 0 Å². The number of nitrogens with zero attached hydrogens (tertiary/aromatic N) is 1. The summed E-state index contributed by atoms with van der Waals surface area (Å²) in [6.07, 6.45) is 2.82. The Labute approximate surface area is 176 Å². The number of nitrogens with one attached hydrogen (secondary N) is 1. The molecule has 30 heavy (non-hydrogen) atoms. The molecule has 0 saturated carbocycles. The van der Waals surface area contributed by atoms with Crippen LogP contribution in [-0.2, 0) is 19.1 Å². The lowest BCUT2D eigenvalue weighted by Gasteiger charge is -2.17. The van der Waals surface area contributed by atoms with Gasteiger partial charge in [0.05, 0.1) is 13.7 Å². The normalized spacial score (nSPS) is 10.5. The maximum absolute atomic E-state index is 12.2. The average Bonchev–Trinajstić information content (AvgIpc) is 2.73. The van der Waals surface area contributed by atoms with Crippen molar-refractivity contribution in [3.05, 3.63) is 65.2 Å². The lowest BCUT2D eigenvalue weighted by Crippen LogP contribution is -2.37. The van der Waals surface area contributed by atoms with Crippen LogP contribution in [0.25, 0.3) is 6.08 Å². The number of hydrogen-bond donors (Lipinski definition) is 1. The third kappa shape index (κ3) is 7.09. The first-order chi connectivity index (χ1) is 14.3. The van der Waals surface area contributed by atoms with Crippen LogP contribution >= 0.6 is 0 Å². The number of amides is 2. The Balaban J connectivity index is 1.78. The van der Waals surface area contributed by atoms with Gasteiger partial charge in [-0.1, -0.05) is 24.3 Å². The number of likely N-dealkylation sites (N-methyl/N-ethyl adjacent to an activating group) is 1. The van der Waals surface area contributed by atoms with Crippen molar-refractivity contribution < 1.29 is 23.9 Å². The van der Waals surface area contributed by atoms with E-state index in [0.29, 0.717) is 11.4 Å². The Bertz CT molecular complexity index is 935. The number of hydrogen-bond acceptors (Lipinski definition) is 5. The molecule has 0 aliphatic carbocycles. The molecule has 7 heteroatoms. The zero-order valence-corrected chi connectivity index (χ0v) is 17.6. The predicted octanol–water partition coefficient (Wildman–Crippen LogP) is 2.97. The van der Waals surface area contributed by atoms with E-state index in [9.17, 15) is 14.4 Å². The summed E-state index contributed by atoms with van der Waals surface area (Å²) in [5, 5.41) is 2.79. The highest BCUT2D eigenvalue weighted by atomic mass is 16.5. The van der Waals surface area contributed by atoms with Crippen molar-refractivity contribution in [2.75, 3.05) is 32.6 Å². The Morgan fingerprint density at radius 3 is 2.43 bits per heavy atom. The van der Waals surface area contributed by atoms with E-state index in [4.69, 9.17) is 9.47 Å². The quantitative estimate of drug-likeness (QED) is 0.534. The summed E-state index contributed by atoms with van der Waals surface area (Å²) in [7, 11) is 3.05. The third-order valence-corrected chi connectivity index (χ3v) is 4.34. The number of methoxy groups -OCH3 is 1. The summed E-state index contributed by atoms with van der Waals surface area (Å²) in [5.41, 5.74) is 3.45. The van der Waals surface area contributed by atoms with Crippen LogP contribution in [-0.4, -0.2) is 50.0 Å². The highest BCUT2D eigenvalue weighted by Gasteiger charge is 2.15. The molecule has 0 radical (unpaired) electrons. The van der Waals surface area contributed by atoms with Gasteiger partial charge in [0.15, 0.2) is 6.61 Å². The molecule has 158 valence electrons. The fourth-order valence-corrected chi connectivity index (χ4v) is 2.53. The van der Waals surface area contributed by atoms with Crippen LogP contribution in [0.2, 0.25) is 0 Å². The molecule has 0 saturated heterocycles. The molecule has 2 rings (SSSR count). The number of benzene rings is 2. The lowest BCUT2D eigenvalue weighted by atomic mass is 10.1. The fraction of sp³-hybridized carbons (Fsp3) is 0.261. The minimum atomic E-state index is -0.646. The first-order valence-corrected chi connectivity index (χ1v) is 9.38. The minimum Gasteiger partial charge on any atom is -0.497 e. The topological polar surface area (TPSA) is 84.9 Å². The molecule has 0 aromatic heterocycles. The summed E-state index contributed by atoms with van der Waals surface area (Å²) in [6, 6.07) is 12.9. The molecule has 0 bridgehead atoms. The Morgan fingerprint density at radius 2 is 1.77 bits per heavy atom. The molecule has 7 nitrogen and oxygen atoms in total. The molecule has 2 amide bonds. The van der Waals surface area contributed by atoms with E-state index in [0.717, 1.165) is 16.7 Å². The van der Waals surface area contributed by atoms with Gasteiger partial charge in [-0.05, 0) is 54.8 Å². The number of esters is 1. The van der Waals surface area contributed by atoms with Crippen molar-refractivity contribution in [2.45, 2.75) is 13.8 Å². The van der Waals surface area contributed by atoms with Crippen LogP contribution in [0.15, 0.2) is 48.5 Å². The molecule has 0 unspecified atom stereocenters. The molecule has 0 spiro atoms. The van der Waals surface area contributed by atoms with Crippen LogP contribution in [0, 0.1) is 13.8 Å². The standard InChI is InChI=1S/C23H26N2O5/c1-16-5-6-17(2)20(13-16)24-21(26)14-25(3)22(27)15-30-23(28)12-9-18-7-10-19(29-4)11-8-18/h5-13H,14-15H2,1-4H3,(H,24,26)/b12-9+. The number of rotatable bonds is 8. The summed E-state index contributed by atoms with van der Waals surface area (Å²) >= 11 is 0. The number of ether oxygens (including phenoxy) is 2. The van der Waals surface area contributed by atoms with Gasteiger partial charge in [-0.25, -0.2) is 4.79 Å². The van der Waals surface area contributed by atoms with Gasteiger partial charge in [0.25, 0.3) is 5.91 Å². The minimum absolute atomic E-state index is 0.147. The number of aryl methyl sites for hydroxylation is 2. The second-order valence-electron chi connectivity index (χ2n) is 6.83. The van der Waals surface area contributed by atoms with Gasteiger partial charge < -0.3 is 19.7 Å². The van der Waals surface area contributed by atoms with Crippen molar-refractivity contribution in [1.29, 1.82) is 0 Å². The average molecular weight is 410 g/mol. The highest BCUT2D eigenvalue weighted by Crippen LogP contribution is 2.16. The van der Waals surface area contributed by atoms with E-state index in [1.807, 2.05) is 32.0 Å². The molecule has 2 aromatic rings. The Kier molecular flexibility index (Phi) is 8.17. The maximum atomic E-state index is 12.2. The van der Waals surface area contributed by atoms with Crippen molar-refractivity contribution in [1.82, 2.24) is 4.90 Å². The molecule has 2 aromatic carbocycles. The van der Waals surface area contributed by atoms with Gasteiger partial charge in [0.1, 0.15) is 5.75 Å². The Hall–Kier alpha value is -3.61. The summed E-state index contributed by atoms with van der Waals surface area (Å²) < 4.78 is 10.0. The molecule has 0 heterocycles. The number of anilines is 1. The summed E-state index contributed by atoms with van der Waals surface area (Å²) in [4.78, 5) is 37.4. The van der Waals surface area contributed by atoms with Crippen LogP contribution in [0.1, 0.15) is 16.7 Å². The smallest absolute Gasteiger partial charge is 0.331 e. The van der Waals surface area contributed by atoms with Gasteiger partial charge in [-0.3, -0.25) is 9.59 Å². The van der Waals surface area contributed by atoms with Crippen LogP contribution in [0.5, 0.6) is 5.75 Å². The van der Waals surface area contributed by atoms with Gasteiger partial charge in [0, 0.05) is 18.8 Å². The molecule has 1 N–H and O–H groups in total. The molecule has 0 fully saturated rings. The largest absolute Gasteiger partial charge is 0.497 e. The van der Waals surface area contributed by atoms with E-state index >= 15 is 0 Å². The molecular weight excluding hydrogens is 384 g/mol. The molecular formula is C23H26N2O5. The lowest BCUT2D eigenvalue weighted by molar-refractivity contribution is -0.148. The SMILES string of the molecule is COc1ccc(/C=C/C(=O)OCC(=O)N(C)CC(=O)Nc2cc(C)ccc2C)cc1. The zero-order chi connectivity index (χ0) is 22.1. The molecule has 0 aliphatic rings. The van der Waals surface area contributed by atoms with Crippen LogP contribution < -0.4 is 10.1 Å². The van der Waals surface area contributed by atoms with Gasteiger partial charge in [-0.15, -0.1) is 0 Å². The maximum Gasteiger partial charge on any atom is 0.331 e. The van der Waals surface area contributed by atoms with E-state index in [-0.39, 0.29) is 12.5 Å². The fourth-order valence-electron chi connectivity index (χ4n) is 2.53. The number of carbonyl (C=O) groups excluding carboxylic acids is 3. The second kappa shape index (κ2) is 10.8. The third-order valence-electron chi connectivity index (χ3n) is 4.34. The van der Waals surface area contributed by atoms with E-state index in [2.05, 4.69) is 5.32 Å². The van der Waals surface area contributed by atoms with E-state index < -0.39 is 18.5 Å².